The van der Waals surface area contributed by atoms with Crippen LogP contribution in [0.2, 0.25) is 0 Å². The standard InChI is InChI=1S/C30H40N4O9/c1-30(2,3)43-29(41)33-23(16-19-9-7-6-8-10-19)27(38)32-22(26(37)31-13-14-34(4)5)17-20-11-12-24(42-18-25(35)36)21(15-20)28(39)40/h6-12,15,22-23H,13-14,16-18H2,1-5H3,(H,31,37)(H,32,38)(H,33,41)(H,35,36)(H,39,40)/t22-,23-/m0/s1. The Balaban J connectivity index is 2.35. The predicted octanol–water partition coefficient (Wildman–Crippen LogP) is 1.69. The normalized spacial score (nSPS) is 12.5. The molecule has 43 heavy (non-hydrogen) atoms. The van der Waals surface area contributed by atoms with Crippen molar-refractivity contribution in [2.45, 2.75) is 51.3 Å². The second-order valence-corrected chi connectivity index (χ2v) is 11.1. The summed E-state index contributed by atoms with van der Waals surface area (Å²) in [4.78, 5) is 64.0. The van der Waals surface area contributed by atoms with Crippen molar-refractivity contribution < 1.29 is 43.7 Å². The van der Waals surface area contributed by atoms with Crippen LogP contribution in [-0.2, 0) is 32.0 Å². The van der Waals surface area contributed by atoms with E-state index in [1.807, 2.05) is 25.1 Å². The van der Waals surface area contributed by atoms with Gasteiger partial charge >= 0.3 is 18.0 Å². The van der Waals surface area contributed by atoms with E-state index >= 15 is 0 Å². The van der Waals surface area contributed by atoms with Gasteiger partial charge in [-0.15, -0.1) is 0 Å². The van der Waals surface area contributed by atoms with Crippen LogP contribution in [0.25, 0.3) is 0 Å². The minimum absolute atomic E-state index is 0.108. The fourth-order valence-corrected chi connectivity index (χ4v) is 3.89. The molecule has 2 rings (SSSR count). The molecule has 0 aliphatic carbocycles. The van der Waals surface area contributed by atoms with Crippen molar-refractivity contribution in [3.63, 3.8) is 0 Å². The second-order valence-electron chi connectivity index (χ2n) is 11.1. The average molecular weight is 601 g/mol. The highest BCUT2D eigenvalue weighted by Gasteiger charge is 2.29. The molecule has 0 unspecified atom stereocenters. The first-order valence-electron chi connectivity index (χ1n) is 13.6. The maximum atomic E-state index is 13.6. The zero-order chi connectivity index (χ0) is 32.2. The number of alkyl carbamates (subject to hydrolysis) is 1. The molecule has 2 aromatic rings. The predicted molar refractivity (Wildman–Crippen MR) is 157 cm³/mol. The number of rotatable bonds is 15. The van der Waals surface area contributed by atoms with Gasteiger partial charge in [0.1, 0.15) is 29.0 Å². The Morgan fingerprint density at radius 2 is 1.49 bits per heavy atom. The number of carbonyl (C=O) groups excluding carboxylic acids is 3. The zero-order valence-corrected chi connectivity index (χ0v) is 25.0. The number of nitrogens with zero attached hydrogens (tertiary/aromatic N) is 1. The summed E-state index contributed by atoms with van der Waals surface area (Å²) in [7, 11) is 3.67. The van der Waals surface area contributed by atoms with Crippen molar-refractivity contribution in [3.8, 4) is 5.75 Å². The molecule has 234 valence electrons. The molecule has 2 atom stereocenters. The number of carbonyl (C=O) groups is 5. The highest BCUT2D eigenvalue weighted by molar-refractivity contribution is 5.93. The van der Waals surface area contributed by atoms with Crippen molar-refractivity contribution in [2.75, 3.05) is 33.8 Å². The topological polar surface area (TPSA) is 184 Å². The number of benzene rings is 2. The Hall–Kier alpha value is -4.65. The van der Waals surface area contributed by atoms with E-state index in [-0.39, 0.29) is 30.7 Å². The summed E-state index contributed by atoms with van der Waals surface area (Å²) in [6, 6.07) is 10.8. The van der Waals surface area contributed by atoms with E-state index in [4.69, 9.17) is 14.6 Å². The van der Waals surface area contributed by atoms with Crippen molar-refractivity contribution in [1.29, 1.82) is 0 Å². The van der Waals surface area contributed by atoms with Crippen LogP contribution in [-0.4, -0.2) is 96.4 Å². The summed E-state index contributed by atoms with van der Waals surface area (Å²) in [5.41, 5.74) is 0.0153. The Bertz CT molecular complexity index is 1280. The van der Waals surface area contributed by atoms with Crippen LogP contribution < -0.4 is 20.7 Å². The molecule has 0 aliphatic rings. The third-order valence-electron chi connectivity index (χ3n) is 5.85. The van der Waals surface area contributed by atoms with E-state index in [9.17, 15) is 29.1 Å². The zero-order valence-electron chi connectivity index (χ0n) is 25.0. The fourth-order valence-electron chi connectivity index (χ4n) is 3.89. The lowest BCUT2D eigenvalue weighted by Crippen LogP contribution is -2.55. The van der Waals surface area contributed by atoms with Crippen molar-refractivity contribution in [1.82, 2.24) is 20.9 Å². The molecule has 0 saturated carbocycles. The first kappa shape index (κ1) is 34.6. The number of aliphatic carboxylic acids is 1. The van der Waals surface area contributed by atoms with Gasteiger partial charge in [0, 0.05) is 25.9 Å². The fraction of sp³-hybridized carbons (Fsp3) is 0.433. The molecule has 13 heteroatoms. The molecule has 0 fully saturated rings. The summed E-state index contributed by atoms with van der Waals surface area (Å²) in [6.07, 6.45) is -0.804. The van der Waals surface area contributed by atoms with Crippen LogP contribution >= 0.6 is 0 Å². The summed E-state index contributed by atoms with van der Waals surface area (Å²) in [5, 5.41) is 26.6. The summed E-state index contributed by atoms with van der Waals surface area (Å²) in [5.74, 6) is -3.96. The SMILES string of the molecule is CN(C)CCNC(=O)[C@H](Cc1ccc(OCC(=O)O)c(C(=O)O)c1)NC(=O)[C@H](Cc1ccccc1)NC(=O)OC(C)(C)C. The van der Waals surface area contributed by atoms with Crippen molar-refractivity contribution >= 4 is 29.8 Å². The van der Waals surface area contributed by atoms with Crippen molar-refractivity contribution in [3.05, 3.63) is 65.2 Å². The van der Waals surface area contributed by atoms with Gasteiger partial charge in [-0.1, -0.05) is 36.4 Å². The minimum atomic E-state index is -1.36. The lowest BCUT2D eigenvalue weighted by atomic mass is 10.0. The number of likely N-dealkylation sites (N-methyl/N-ethyl adjacent to an activating group) is 1. The van der Waals surface area contributed by atoms with Gasteiger partial charge in [-0.25, -0.2) is 14.4 Å². The van der Waals surface area contributed by atoms with Crippen molar-refractivity contribution in [2.24, 2.45) is 0 Å². The largest absolute Gasteiger partial charge is 0.481 e. The molecular weight excluding hydrogens is 560 g/mol. The molecule has 13 nitrogen and oxygen atoms in total. The molecule has 0 aliphatic heterocycles. The maximum Gasteiger partial charge on any atom is 0.408 e. The van der Waals surface area contributed by atoms with Gasteiger partial charge in [0.2, 0.25) is 11.8 Å². The highest BCUT2D eigenvalue weighted by atomic mass is 16.6. The molecule has 0 bridgehead atoms. The number of hydrogen-bond donors (Lipinski definition) is 5. The van der Waals surface area contributed by atoms with Gasteiger partial charge in [-0.2, -0.15) is 0 Å². The van der Waals surface area contributed by atoms with Gasteiger partial charge in [0.25, 0.3) is 0 Å². The monoisotopic (exact) mass is 600 g/mol. The van der Waals surface area contributed by atoms with E-state index in [0.29, 0.717) is 12.1 Å². The summed E-state index contributed by atoms with van der Waals surface area (Å²) in [6.45, 7) is 5.15. The molecule has 0 heterocycles. The van der Waals surface area contributed by atoms with Gasteiger partial charge in [-0.3, -0.25) is 9.59 Å². The van der Waals surface area contributed by atoms with E-state index < -0.39 is 54.1 Å². The maximum absolute atomic E-state index is 13.6. The number of nitrogens with one attached hydrogen (secondary N) is 3. The van der Waals surface area contributed by atoms with Crippen LogP contribution in [0.4, 0.5) is 4.79 Å². The van der Waals surface area contributed by atoms with Gasteiger partial charge < -0.3 is 40.5 Å². The Morgan fingerprint density at radius 3 is 2.07 bits per heavy atom. The number of hydrogen-bond acceptors (Lipinski definition) is 8. The minimum Gasteiger partial charge on any atom is -0.481 e. The smallest absolute Gasteiger partial charge is 0.408 e. The van der Waals surface area contributed by atoms with Gasteiger partial charge in [0.05, 0.1) is 0 Å². The number of ether oxygens (including phenoxy) is 2. The van der Waals surface area contributed by atoms with Gasteiger partial charge in [-0.05, 0) is 58.1 Å². The third kappa shape index (κ3) is 12.8. The summed E-state index contributed by atoms with van der Waals surface area (Å²) >= 11 is 0. The average Bonchev–Trinajstić information content (AvgIpc) is 2.90. The number of carboxylic acids is 2. The van der Waals surface area contributed by atoms with E-state index in [2.05, 4.69) is 16.0 Å². The molecule has 3 amide bonds. The molecular formula is C30H40N4O9. The Morgan fingerprint density at radius 1 is 0.860 bits per heavy atom. The van der Waals surface area contributed by atoms with E-state index in [0.717, 1.165) is 5.56 Å². The number of aromatic carboxylic acids is 1. The molecule has 2 aromatic carbocycles. The molecule has 0 saturated heterocycles. The quantitative estimate of drug-likeness (QED) is 0.202. The highest BCUT2D eigenvalue weighted by Crippen LogP contribution is 2.21. The third-order valence-corrected chi connectivity index (χ3v) is 5.85. The van der Waals surface area contributed by atoms with E-state index in [1.165, 1.54) is 18.2 Å². The number of carboxylic acid groups (broad SMARTS) is 2. The summed E-state index contributed by atoms with van der Waals surface area (Å²) < 4.78 is 10.4. The van der Waals surface area contributed by atoms with Crippen LogP contribution in [0, 0.1) is 0 Å². The van der Waals surface area contributed by atoms with Crippen LogP contribution in [0.3, 0.4) is 0 Å². The molecule has 0 spiro atoms. The van der Waals surface area contributed by atoms with Gasteiger partial charge in [0.15, 0.2) is 6.61 Å². The Labute approximate surface area is 250 Å². The lowest BCUT2D eigenvalue weighted by Gasteiger charge is -2.25. The molecule has 0 radical (unpaired) electrons. The first-order chi connectivity index (χ1) is 20.1. The van der Waals surface area contributed by atoms with Crippen LogP contribution in [0.1, 0.15) is 42.3 Å². The van der Waals surface area contributed by atoms with E-state index in [1.54, 1.807) is 45.0 Å². The molecule has 0 aromatic heterocycles. The number of amides is 3. The Kier molecular flexibility index (Phi) is 12.9. The first-order valence-corrected chi connectivity index (χ1v) is 13.6. The second kappa shape index (κ2) is 16.1. The molecule has 5 N–H and O–H groups in total. The van der Waals surface area contributed by atoms with Crippen LogP contribution in [0.5, 0.6) is 5.75 Å². The van der Waals surface area contributed by atoms with Crippen LogP contribution in [0.15, 0.2) is 48.5 Å². The lowest BCUT2D eigenvalue weighted by molar-refractivity contribution is -0.139.